The van der Waals surface area contributed by atoms with Crippen LogP contribution in [-0.2, 0) is 21.4 Å². The molecule has 206 valence electrons. The average Bonchev–Trinajstić information content (AvgIpc) is 3.54. The molecule has 2 N–H and O–H groups in total. The van der Waals surface area contributed by atoms with Crippen LogP contribution in [0, 0.1) is 0 Å². The van der Waals surface area contributed by atoms with Crippen LogP contribution in [0.5, 0.6) is 0 Å². The maximum atomic E-state index is 12.8. The standard InChI is InChI=1S/C15H12F3NO4S.C8H14N4OS/c1-24(21,22)12-6-9(15(16,17)18)4-5-10(12)13(20)11-7-19-23-14(11)8-2-3-8;1-8(2,3)5-6(13)12(9)7(14-4)11-10-5/h4-8H,2-3H2,1H3;9H2,1-4H3. The zero-order chi connectivity index (χ0) is 28.6. The Balaban J connectivity index is 0.000000244. The molecule has 0 spiro atoms. The van der Waals surface area contributed by atoms with Crippen molar-refractivity contribution in [2.24, 2.45) is 0 Å². The predicted molar refractivity (Wildman–Crippen MR) is 133 cm³/mol. The van der Waals surface area contributed by atoms with E-state index in [1.807, 2.05) is 20.8 Å². The number of halogens is 3. The van der Waals surface area contributed by atoms with Crippen molar-refractivity contribution in [1.82, 2.24) is 20.0 Å². The highest BCUT2D eigenvalue weighted by atomic mass is 32.2. The Morgan fingerprint density at radius 2 is 1.79 bits per heavy atom. The molecule has 0 bridgehead atoms. The SMILES string of the molecule is CS(=O)(=O)c1cc(C(F)(F)F)ccc1C(=O)c1cnoc1C1CC1.CSc1nnc(C(C)(C)C)c(=O)n1N. The Bertz CT molecular complexity index is 1520. The number of nitrogens with zero attached hydrogens (tertiary/aromatic N) is 4. The van der Waals surface area contributed by atoms with Gasteiger partial charge in [-0.3, -0.25) is 9.59 Å². The van der Waals surface area contributed by atoms with E-state index in [0.717, 1.165) is 29.8 Å². The van der Waals surface area contributed by atoms with Gasteiger partial charge in [0, 0.05) is 23.2 Å². The second-order valence-electron chi connectivity index (χ2n) is 9.65. The largest absolute Gasteiger partial charge is 0.416 e. The first kappa shape index (κ1) is 29.4. The number of aromatic nitrogens is 4. The monoisotopic (exact) mass is 573 g/mol. The van der Waals surface area contributed by atoms with Crippen LogP contribution < -0.4 is 11.4 Å². The van der Waals surface area contributed by atoms with Crippen molar-refractivity contribution in [3.05, 3.63) is 62.9 Å². The summed E-state index contributed by atoms with van der Waals surface area (Å²) in [5, 5.41) is 11.7. The lowest BCUT2D eigenvalue weighted by molar-refractivity contribution is -0.137. The van der Waals surface area contributed by atoms with Gasteiger partial charge in [0.15, 0.2) is 21.4 Å². The molecule has 0 amide bonds. The summed E-state index contributed by atoms with van der Waals surface area (Å²) in [5.41, 5.74) is -1.60. The number of nitrogen functional groups attached to an aromatic ring is 1. The van der Waals surface area contributed by atoms with Gasteiger partial charge in [0.05, 0.1) is 22.2 Å². The van der Waals surface area contributed by atoms with Gasteiger partial charge in [0.2, 0.25) is 5.16 Å². The van der Waals surface area contributed by atoms with E-state index in [9.17, 15) is 31.2 Å². The molecule has 0 aliphatic heterocycles. The van der Waals surface area contributed by atoms with Gasteiger partial charge < -0.3 is 10.4 Å². The first-order valence-electron chi connectivity index (χ1n) is 11.2. The van der Waals surface area contributed by atoms with E-state index >= 15 is 0 Å². The molecule has 1 saturated carbocycles. The number of hydrogen-bond donors (Lipinski definition) is 1. The van der Waals surface area contributed by atoms with Gasteiger partial charge in [-0.1, -0.05) is 37.7 Å². The molecule has 0 saturated heterocycles. The number of carbonyl (C=O) groups is 1. The van der Waals surface area contributed by atoms with Crippen LogP contribution in [-0.4, -0.2) is 46.7 Å². The van der Waals surface area contributed by atoms with Crippen molar-refractivity contribution in [3.8, 4) is 0 Å². The van der Waals surface area contributed by atoms with Crippen LogP contribution in [0.4, 0.5) is 13.2 Å². The molecule has 3 aromatic rings. The van der Waals surface area contributed by atoms with E-state index in [4.69, 9.17) is 10.4 Å². The van der Waals surface area contributed by atoms with Crippen LogP contribution in [0.3, 0.4) is 0 Å². The number of thioether (sulfide) groups is 1. The molecule has 1 aliphatic carbocycles. The molecule has 1 aromatic carbocycles. The molecule has 2 heterocycles. The van der Waals surface area contributed by atoms with Crippen molar-refractivity contribution in [1.29, 1.82) is 0 Å². The third-order valence-corrected chi connectivity index (χ3v) is 7.28. The van der Waals surface area contributed by atoms with Crippen molar-refractivity contribution in [2.75, 3.05) is 18.4 Å². The summed E-state index contributed by atoms with van der Waals surface area (Å²) in [6.07, 6.45) is 0.651. The summed E-state index contributed by atoms with van der Waals surface area (Å²) < 4.78 is 68.3. The van der Waals surface area contributed by atoms with Crippen LogP contribution >= 0.6 is 11.8 Å². The molecular weight excluding hydrogens is 547 g/mol. The minimum Gasteiger partial charge on any atom is -0.360 e. The summed E-state index contributed by atoms with van der Waals surface area (Å²) in [5.74, 6) is 5.25. The zero-order valence-electron chi connectivity index (χ0n) is 21.2. The van der Waals surface area contributed by atoms with Gasteiger partial charge >= 0.3 is 6.18 Å². The molecule has 10 nitrogen and oxygen atoms in total. The number of ketones is 1. The van der Waals surface area contributed by atoms with Crippen LogP contribution in [0.25, 0.3) is 0 Å². The average molecular weight is 574 g/mol. The van der Waals surface area contributed by atoms with Gasteiger partial charge in [-0.05, 0) is 37.3 Å². The lowest BCUT2D eigenvalue weighted by atomic mass is 9.93. The van der Waals surface area contributed by atoms with Crippen molar-refractivity contribution in [2.45, 2.75) is 61.2 Å². The van der Waals surface area contributed by atoms with Crippen molar-refractivity contribution < 1.29 is 30.9 Å². The maximum Gasteiger partial charge on any atom is 0.416 e. The Morgan fingerprint density at radius 1 is 1.16 bits per heavy atom. The minimum absolute atomic E-state index is 0.0441. The Labute approximate surface area is 220 Å². The first-order valence-corrected chi connectivity index (χ1v) is 14.3. The summed E-state index contributed by atoms with van der Waals surface area (Å²) in [6.45, 7) is 5.70. The summed E-state index contributed by atoms with van der Waals surface area (Å²) in [6, 6.07) is 2.05. The fourth-order valence-electron chi connectivity index (χ4n) is 3.39. The fourth-order valence-corrected chi connectivity index (χ4v) is 4.70. The number of hydrogen-bond acceptors (Lipinski definition) is 10. The molecule has 38 heavy (non-hydrogen) atoms. The van der Waals surface area contributed by atoms with Gasteiger partial charge in [-0.2, -0.15) is 17.8 Å². The molecule has 1 aliphatic rings. The topological polar surface area (TPSA) is 151 Å². The normalized spacial score (nSPS) is 14.1. The number of sulfone groups is 1. The second-order valence-corrected chi connectivity index (χ2v) is 12.4. The van der Waals surface area contributed by atoms with E-state index in [2.05, 4.69) is 15.4 Å². The van der Waals surface area contributed by atoms with E-state index in [0.29, 0.717) is 28.7 Å². The van der Waals surface area contributed by atoms with E-state index in [1.165, 1.54) is 18.0 Å². The Kier molecular flexibility index (Phi) is 8.13. The first-order chi connectivity index (χ1) is 17.5. The molecule has 0 radical (unpaired) electrons. The van der Waals surface area contributed by atoms with Crippen LogP contribution in [0.1, 0.15) is 72.5 Å². The molecule has 0 atom stereocenters. The Morgan fingerprint density at radius 3 is 2.29 bits per heavy atom. The lowest BCUT2D eigenvalue weighted by Crippen LogP contribution is -2.37. The van der Waals surface area contributed by atoms with Gasteiger partial charge in [0.25, 0.3) is 5.56 Å². The highest BCUT2D eigenvalue weighted by Crippen LogP contribution is 2.42. The molecule has 0 unspecified atom stereocenters. The summed E-state index contributed by atoms with van der Waals surface area (Å²) in [4.78, 5) is 23.7. The minimum atomic E-state index is -4.71. The number of alkyl halides is 3. The smallest absolute Gasteiger partial charge is 0.360 e. The van der Waals surface area contributed by atoms with E-state index in [-0.39, 0.29) is 28.0 Å². The third-order valence-electron chi connectivity index (χ3n) is 5.50. The molecule has 2 aromatic heterocycles. The van der Waals surface area contributed by atoms with Crippen LogP contribution in [0.2, 0.25) is 0 Å². The number of carbonyl (C=O) groups excluding carboxylic acids is 1. The number of benzene rings is 1. The van der Waals surface area contributed by atoms with Crippen molar-refractivity contribution in [3.63, 3.8) is 0 Å². The second kappa shape index (κ2) is 10.5. The lowest BCUT2D eigenvalue weighted by Gasteiger charge is -2.16. The highest BCUT2D eigenvalue weighted by Gasteiger charge is 2.36. The maximum absolute atomic E-state index is 12.8. The molecule has 1 fully saturated rings. The van der Waals surface area contributed by atoms with Gasteiger partial charge in [0.1, 0.15) is 5.69 Å². The quantitative estimate of drug-likeness (QED) is 0.272. The summed E-state index contributed by atoms with van der Waals surface area (Å²) >= 11 is 1.29. The fraction of sp³-hybridized carbons (Fsp3) is 0.435. The number of nitrogens with two attached hydrogens (primary N) is 1. The van der Waals surface area contributed by atoms with E-state index < -0.39 is 32.3 Å². The van der Waals surface area contributed by atoms with Crippen molar-refractivity contribution >= 4 is 27.4 Å². The third kappa shape index (κ3) is 6.43. The molecule has 4 rings (SSSR count). The highest BCUT2D eigenvalue weighted by molar-refractivity contribution is 7.98. The van der Waals surface area contributed by atoms with Gasteiger partial charge in [-0.15, -0.1) is 10.2 Å². The Hall–Kier alpha value is -3.20. The predicted octanol–water partition coefficient (Wildman–Crippen LogP) is 3.58. The summed E-state index contributed by atoms with van der Waals surface area (Å²) in [7, 11) is -4.04. The zero-order valence-corrected chi connectivity index (χ0v) is 22.8. The van der Waals surface area contributed by atoms with E-state index in [1.54, 1.807) is 6.26 Å². The molecule has 15 heteroatoms. The number of rotatable bonds is 5. The molecular formula is C23H26F3N5O5S2. The van der Waals surface area contributed by atoms with Gasteiger partial charge in [-0.25, -0.2) is 8.42 Å². The van der Waals surface area contributed by atoms with Crippen LogP contribution in [0.15, 0.2) is 43.8 Å².